The number of para-hydroxylation sites is 1. The lowest BCUT2D eigenvalue weighted by molar-refractivity contribution is -0.124. The number of hydrogen-bond acceptors (Lipinski definition) is 4. The van der Waals surface area contributed by atoms with Gasteiger partial charge in [0, 0.05) is 11.1 Å². The summed E-state index contributed by atoms with van der Waals surface area (Å²) in [5.41, 5.74) is 1.64. The molecule has 3 N–H and O–H groups in total. The molecule has 5 heteroatoms. The third-order valence-electron chi connectivity index (χ3n) is 3.49. The number of nitrogens with one attached hydrogen (secondary N) is 1. The molecule has 0 spiro atoms. The Morgan fingerprint density at radius 3 is 2.45 bits per heavy atom. The number of benzene rings is 1. The van der Waals surface area contributed by atoms with Gasteiger partial charge in [-0.25, -0.2) is 5.01 Å². The monoisotopic (exact) mass is 276 g/mol. The molecule has 1 amide bonds. The summed E-state index contributed by atoms with van der Waals surface area (Å²) in [7, 11) is 0. The molecule has 20 heavy (non-hydrogen) atoms. The van der Waals surface area contributed by atoms with Gasteiger partial charge in [0.2, 0.25) is 0 Å². The molecule has 1 aromatic carbocycles. The van der Waals surface area contributed by atoms with Crippen molar-refractivity contribution in [3.8, 4) is 5.75 Å². The van der Waals surface area contributed by atoms with Crippen LogP contribution < -0.4 is 5.43 Å². The topological polar surface area (TPSA) is 72.8 Å². The summed E-state index contributed by atoms with van der Waals surface area (Å²) < 4.78 is 0. The molecule has 0 aromatic heterocycles. The third-order valence-corrected chi connectivity index (χ3v) is 3.49. The van der Waals surface area contributed by atoms with Crippen molar-refractivity contribution in [2.45, 2.75) is 33.4 Å². The number of hydrogen-bond donors (Lipinski definition) is 3. The fourth-order valence-corrected chi connectivity index (χ4v) is 2.19. The summed E-state index contributed by atoms with van der Waals surface area (Å²) in [5, 5.41) is 21.8. The van der Waals surface area contributed by atoms with Crippen molar-refractivity contribution in [3.63, 3.8) is 0 Å². The number of carbonyl (C=O) groups excluding carboxylic acids is 1. The number of hydrazine groups is 1. The van der Waals surface area contributed by atoms with E-state index < -0.39 is 17.0 Å². The summed E-state index contributed by atoms with van der Waals surface area (Å²) in [4.78, 5) is 12.6. The Hall–Kier alpha value is -2.01. The second kappa shape index (κ2) is 4.52. The van der Waals surface area contributed by atoms with Gasteiger partial charge in [-0.15, -0.1) is 0 Å². The molecule has 5 nitrogen and oxygen atoms in total. The van der Waals surface area contributed by atoms with Crippen LogP contribution in [-0.2, 0) is 0 Å². The minimum atomic E-state index is -1.46. The minimum Gasteiger partial charge on any atom is -0.507 e. The van der Waals surface area contributed by atoms with Crippen molar-refractivity contribution in [3.05, 3.63) is 41.6 Å². The number of nitrogens with zero attached hydrogens (tertiary/aromatic N) is 1. The molecule has 2 rings (SSSR count). The van der Waals surface area contributed by atoms with Gasteiger partial charge in [0.1, 0.15) is 5.75 Å². The Balaban J connectivity index is 2.43. The van der Waals surface area contributed by atoms with E-state index in [0.29, 0.717) is 5.70 Å². The van der Waals surface area contributed by atoms with Crippen LogP contribution in [0.3, 0.4) is 0 Å². The zero-order valence-corrected chi connectivity index (χ0v) is 12.1. The molecular weight excluding hydrogens is 256 g/mol. The van der Waals surface area contributed by atoms with Crippen LogP contribution in [0.2, 0.25) is 0 Å². The number of allylic oxidation sites excluding steroid dienone is 1. The fourth-order valence-electron chi connectivity index (χ4n) is 2.19. The number of aromatic hydroxyl groups is 1. The Kier molecular flexibility index (Phi) is 3.26. The van der Waals surface area contributed by atoms with Gasteiger partial charge in [-0.1, -0.05) is 32.9 Å². The minimum absolute atomic E-state index is 0.111. The van der Waals surface area contributed by atoms with Crippen LogP contribution >= 0.6 is 0 Å². The van der Waals surface area contributed by atoms with Crippen LogP contribution in [0.5, 0.6) is 5.75 Å². The van der Waals surface area contributed by atoms with Crippen LogP contribution in [0, 0.1) is 5.41 Å². The number of aliphatic hydroxyl groups is 1. The molecule has 0 aliphatic carbocycles. The van der Waals surface area contributed by atoms with Gasteiger partial charge in [0.15, 0.2) is 5.72 Å². The zero-order valence-electron chi connectivity index (χ0n) is 12.1. The molecule has 0 radical (unpaired) electrons. The summed E-state index contributed by atoms with van der Waals surface area (Å²) in [5.74, 6) is -0.589. The smallest absolute Gasteiger partial charge is 0.278 e. The van der Waals surface area contributed by atoms with E-state index in [1.54, 1.807) is 25.1 Å². The molecule has 1 aromatic rings. The maximum atomic E-state index is 12.6. The van der Waals surface area contributed by atoms with Gasteiger partial charge >= 0.3 is 0 Å². The first kappa shape index (κ1) is 14.4. The molecular formula is C15H20N2O3. The van der Waals surface area contributed by atoms with Gasteiger partial charge in [-0.3, -0.25) is 10.2 Å². The number of phenols is 1. The summed E-state index contributed by atoms with van der Waals surface area (Å²) in [6.45, 7) is 7.30. The van der Waals surface area contributed by atoms with Crippen molar-refractivity contribution < 1.29 is 15.0 Å². The van der Waals surface area contributed by atoms with Crippen LogP contribution in [-0.4, -0.2) is 26.9 Å². The van der Waals surface area contributed by atoms with Crippen molar-refractivity contribution >= 4 is 5.91 Å². The Labute approximate surface area is 118 Å². The zero-order chi connectivity index (χ0) is 15.1. The number of phenolic OH excluding ortho intramolecular Hbond substituents is 1. The number of rotatable bonds is 1. The predicted molar refractivity (Wildman–Crippen MR) is 75.6 cm³/mol. The second-order valence-electron chi connectivity index (χ2n) is 6.07. The molecule has 0 bridgehead atoms. The van der Waals surface area contributed by atoms with Gasteiger partial charge in [-0.05, 0) is 25.1 Å². The van der Waals surface area contributed by atoms with E-state index in [1.165, 1.54) is 12.1 Å². The molecule has 0 fully saturated rings. The van der Waals surface area contributed by atoms with Crippen LogP contribution in [0.15, 0.2) is 36.0 Å². The lowest BCUT2D eigenvalue weighted by Gasteiger charge is -2.42. The first-order valence-corrected chi connectivity index (χ1v) is 6.48. The van der Waals surface area contributed by atoms with Gasteiger partial charge in [0.05, 0.1) is 5.56 Å². The Morgan fingerprint density at radius 1 is 1.30 bits per heavy atom. The van der Waals surface area contributed by atoms with E-state index >= 15 is 0 Å². The second-order valence-corrected chi connectivity index (χ2v) is 6.07. The van der Waals surface area contributed by atoms with E-state index in [4.69, 9.17) is 0 Å². The fraction of sp³-hybridized carbons (Fsp3) is 0.400. The Bertz CT molecular complexity index is 575. The lowest BCUT2D eigenvalue weighted by atomic mass is 9.82. The largest absolute Gasteiger partial charge is 0.507 e. The first-order chi connectivity index (χ1) is 9.17. The average molecular weight is 276 g/mol. The van der Waals surface area contributed by atoms with E-state index in [0.717, 1.165) is 5.01 Å². The van der Waals surface area contributed by atoms with Gasteiger partial charge in [-0.2, -0.15) is 0 Å². The first-order valence-electron chi connectivity index (χ1n) is 6.48. The van der Waals surface area contributed by atoms with Gasteiger partial charge < -0.3 is 10.2 Å². The lowest BCUT2D eigenvalue weighted by Crippen LogP contribution is -2.59. The summed E-state index contributed by atoms with van der Waals surface area (Å²) in [6, 6.07) is 6.28. The highest BCUT2D eigenvalue weighted by atomic mass is 16.3. The van der Waals surface area contributed by atoms with E-state index in [9.17, 15) is 15.0 Å². The molecule has 0 unspecified atom stereocenters. The normalized spacial score (nSPS) is 22.4. The molecule has 1 heterocycles. The van der Waals surface area contributed by atoms with E-state index in [2.05, 4.69) is 5.43 Å². The predicted octanol–water partition coefficient (Wildman–Crippen LogP) is 1.99. The Morgan fingerprint density at radius 2 is 1.90 bits per heavy atom. The van der Waals surface area contributed by atoms with Crippen molar-refractivity contribution in [1.29, 1.82) is 0 Å². The SMILES string of the molecule is CC1=C[C@](O)(C(C)(C)C)N(C(=O)c2ccccc2O)N1. The van der Waals surface area contributed by atoms with Crippen LogP contribution in [0.1, 0.15) is 38.1 Å². The molecule has 108 valence electrons. The van der Waals surface area contributed by atoms with E-state index in [-0.39, 0.29) is 11.3 Å². The quantitative estimate of drug-likeness (QED) is 0.733. The molecule has 0 saturated carbocycles. The van der Waals surface area contributed by atoms with Crippen molar-refractivity contribution in [2.75, 3.05) is 0 Å². The summed E-state index contributed by atoms with van der Waals surface area (Å²) >= 11 is 0. The standard InChI is InChI=1S/C15H20N2O3/c1-10-9-15(20,14(2,3)4)17(16-10)13(19)11-7-5-6-8-12(11)18/h5-9,16,18,20H,1-4H3/t15-/m0/s1. The maximum absolute atomic E-state index is 12.6. The van der Waals surface area contributed by atoms with Crippen molar-refractivity contribution in [1.82, 2.24) is 10.4 Å². The maximum Gasteiger partial charge on any atom is 0.278 e. The summed E-state index contributed by atoms with van der Waals surface area (Å²) in [6.07, 6.45) is 1.62. The molecule has 0 saturated heterocycles. The third kappa shape index (κ3) is 2.14. The highest BCUT2D eigenvalue weighted by Gasteiger charge is 2.50. The molecule has 1 aliphatic heterocycles. The van der Waals surface area contributed by atoms with Crippen molar-refractivity contribution in [2.24, 2.45) is 5.41 Å². The van der Waals surface area contributed by atoms with Crippen LogP contribution in [0.25, 0.3) is 0 Å². The molecule has 1 aliphatic rings. The molecule has 1 atom stereocenters. The highest BCUT2D eigenvalue weighted by Crippen LogP contribution is 2.39. The highest BCUT2D eigenvalue weighted by molar-refractivity contribution is 5.97. The number of amides is 1. The van der Waals surface area contributed by atoms with Gasteiger partial charge in [0.25, 0.3) is 5.91 Å². The average Bonchev–Trinajstić information content (AvgIpc) is 2.65. The van der Waals surface area contributed by atoms with Crippen LogP contribution in [0.4, 0.5) is 0 Å². The number of carbonyl (C=O) groups is 1. The van der Waals surface area contributed by atoms with E-state index in [1.807, 2.05) is 20.8 Å².